The van der Waals surface area contributed by atoms with Gasteiger partial charge in [0.25, 0.3) is 0 Å². The summed E-state index contributed by atoms with van der Waals surface area (Å²) >= 11 is 0. The van der Waals surface area contributed by atoms with Crippen molar-refractivity contribution in [1.82, 2.24) is 4.31 Å². The summed E-state index contributed by atoms with van der Waals surface area (Å²) in [6.45, 7) is 0.830. The van der Waals surface area contributed by atoms with Crippen molar-refractivity contribution < 1.29 is 27.4 Å². The second-order valence-electron chi connectivity index (χ2n) is 6.04. The molecule has 0 spiro atoms. The number of benzene rings is 1. The fraction of sp³-hybridized carbons (Fsp3) is 0.588. The van der Waals surface area contributed by atoms with Gasteiger partial charge in [0.1, 0.15) is 11.5 Å². The first-order valence-corrected chi connectivity index (χ1v) is 10.0. The molecule has 8 nitrogen and oxygen atoms in total. The van der Waals surface area contributed by atoms with Crippen molar-refractivity contribution in [3.63, 3.8) is 0 Å². The third-order valence-electron chi connectivity index (χ3n) is 4.43. The van der Waals surface area contributed by atoms with Crippen LogP contribution >= 0.6 is 0 Å². The van der Waals surface area contributed by atoms with Crippen LogP contribution in [0.4, 0.5) is 5.69 Å². The molecule has 1 fully saturated rings. The first kappa shape index (κ1) is 20.5. The molecule has 1 saturated heterocycles. The number of carbonyl (C=O) groups excluding carboxylic acids is 1. The van der Waals surface area contributed by atoms with Crippen molar-refractivity contribution in [2.24, 2.45) is 5.92 Å². The van der Waals surface area contributed by atoms with Crippen LogP contribution in [0.3, 0.4) is 0 Å². The molecule has 1 aromatic carbocycles. The quantitative estimate of drug-likeness (QED) is 0.724. The molecule has 1 N–H and O–H groups in total. The SMILES string of the molecule is COCCS(=O)(=O)N1CCC(C(=O)Nc2cc(OC)ccc2OC)CC1. The highest BCUT2D eigenvalue weighted by atomic mass is 32.2. The average molecular weight is 386 g/mol. The largest absolute Gasteiger partial charge is 0.497 e. The number of amides is 1. The molecule has 0 aromatic heterocycles. The lowest BCUT2D eigenvalue weighted by atomic mass is 9.97. The van der Waals surface area contributed by atoms with E-state index in [0.29, 0.717) is 43.1 Å². The standard InChI is InChI=1S/C17H26N2O6S/c1-23-10-11-26(21,22)19-8-6-13(7-9-19)17(20)18-15-12-14(24-2)4-5-16(15)25-3/h4-5,12-13H,6-11H2,1-3H3,(H,18,20). The maximum Gasteiger partial charge on any atom is 0.227 e. The predicted molar refractivity (Wildman–Crippen MR) is 98.1 cm³/mol. The molecule has 0 aliphatic carbocycles. The third kappa shape index (κ3) is 5.09. The van der Waals surface area contributed by atoms with E-state index in [2.05, 4.69) is 5.32 Å². The van der Waals surface area contributed by atoms with Crippen LogP contribution in [0.2, 0.25) is 0 Å². The van der Waals surface area contributed by atoms with E-state index in [9.17, 15) is 13.2 Å². The second-order valence-corrected chi connectivity index (χ2v) is 8.13. The van der Waals surface area contributed by atoms with Crippen LogP contribution < -0.4 is 14.8 Å². The summed E-state index contributed by atoms with van der Waals surface area (Å²) in [4.78, 5) is 12.6. The molecule has 1 aliphatic heterocycles. The minimum atomic E-state index is -3.33. The van der Waals surface area contributed by atoms with Gasteiger partial charge in [-0.05, 0) is 25.0 Å². The number of rotatable bonds is 8. The Labute approximate surface area is 154 Å². The fourth-order valence-corrected chi connectivity index (χ4v) is 4.26. The number of anilines is 1. The van der Waals surface area contributed by atoms with Gasteiger partial charge in [0.05, 0.1) is 32.3 Å². The molecular weight excluding hydrogens is 360 g/mol. The van der Waals surface area contributed by atoms with Gasteiger partial charge in [0, 0.05) is 32.2 Å². The lowest BCUT2D eigenvalue weighted by Crippen LogP contribution is -2.42. The van der Waals surface area contributed by atoms with Crippen molar-refractivity contribution in [3.05, 3.63) is 18.2 Å². The van der Waals surface area contributed by atoms with Gasteiger partial charge in [0.2, 0.25) is 15.9 Å². The lowest BCUT2D eigenvalue weighted by molar-refractivity contribution is -0.120. The Bertz CT molecular complexity index is 714. The lowest BCUT2D eigenvalue weighted by Gasteiger charge is -2.30. The molecule has 1 aromatic rings. The van der Waals surface area contributed by atoms with Crippen LogP contribution in [0.15, 0.2) is 18.2 Å². The van der Waals surface area contributed by atoms with E-state index in [0.717, 1.165) is 0 Å². The molecular formula is C17H26N2O6S. The monoisotopic (exact) mass is 386 g/mol. The summed E-state index contributed by atoms with van der Waals surface area (Å²) in [7, 11) is 1.22. The fourth-order valence-electron chi connectivity index (χ4n) is 2.86. The van der Waals surface area contributed by atoms with Gasteiger partial charge in [-0.2, -0.15) is 0 Å². The Kier molecular flexibility index (Phi) is 7.24. The summed E-state index contributed by atoms with van der Waals surface area (Å²) in [5.41, 5.74) is 0.534. The summed E-state index contributed by atoms with van der Waals surface area (Å²) in [5.74, 6) is 0.714. The van der Waals surface area contributed by atoms with Crippen molar-refractivity contribution in [2.75, 3.05) is 52.1 Å². The minimum Gasteiger partial charge on any atom is -0.497 e. The first-order chi connectivity index (χ1) is 12.4. The van der Waals surface area contributed by atoms with Gasteiger partial charge >= 0.3 is 0 Å². The Hall–Kier alpha value is -1.84. The van der Waals surface area contributed by atoms with Crippen molar-refractivity contribution in [2.45, 2.75) is 12.8 Å². The van der Waals surface area contributed by atoms with Crippen molar-refractivity contribution in [3.8, 4) is 11.5 Å². The molecule has 9 heteroatoms. The molecule has 146 valence electrons. The van der Waals surface area contributed by atoms with Gasteiger partial charge in [-0.1, -0.05) is 0 Å². The van der Waals surface area contributed by atoms with Crippen LogP contribution in [-0.4, -0.2) is 65.4 Å². The zero-order chi connectivity index (χ0) is 19.2. The van der Waals surface area contributed by atoms with Gasteiger partial charge in [-0.25, -0.2) is 12.7 Å². The zero-order valence-corrected chi connectivity index (χ0v) is 16.2. The number of piperidine rings is 1. The molecule has 0 saturated carbocycles. The van der Waals surface area contributed by atoms with Crippen molar-refractivity contribution >= 4 is 21.6 Å². The van der Waals surface area contributed by atoms with E-state index in [1.165, 1.54) is 18.5 Å². The molecule has 1 heterocycles. The summed E-state index contributed by atoms with van der Waals surface area (Å²) in [6.07, 6.45) is 0.953. The highest BCUT2D eigenvalue weighted by molar-refractivity contribution is 7.89. The van der Waals surface area contributed by atoms with E-state index >= 15 is 0 Å². The normalized spacial score (nSPS) is 16.3. The first-order valence-electron chi connectivity index (χ1n) is 8.41. The maximum atomic E-state index is 12.6. The highest BCUT2D eigenvalue weighted by Gasteiger charge is 2.31. The Morgan fingerprint density at radius 2 is 1.88 bits per heavy atom. The van der Waals surface area contributed by atoms with Gasteiger partial charge in [-0.15, -0.1) is 0 Å². The Balaban J connectivity index is 1.97. The molecule has 1 aliphatic rings. The Morgan fingerprint density at radius 3 is 2.46 bits per heavy atom. The zero-order valence-electron chi connectivity index (χ0n) is 15.4. The number of hydrogen-bond acceptors (Lipinski definition) is 6. The van der Waals surface area contributed by atoms with E-state index < -0.39 is 10.0 Å². The van der Waals surface area contributed by atoms with Gasteiger partial charge < -0.3 is 19.5 Å². The number of sulfonamides is 1. The number of nitrogens with one attached hydrogen (secondary N) is 1. The molecule has 2 rings (SSSR count). The van der Waals surface area contributed by atoms with Crippen LogP contribution in [0.5, 0.6) is 11.5 Å². The molecule has 26 heavy (non-hydrogen) atoms. The minimum absolute atomic E-state index is 0.0403. The number of nitrogens with zero attached hydrogens (tertiary/aromatic N) is 1. The van der Waals surface area contributed by atoms with Crippen LogP contribution in [0.25, 0.3) is 0 Å². The smallest absolute Gasteiger partial charge is 0.227 e. The number of carbonyl (C=O) groups is 1. The molecule has 0 bridgehead atoms. The van der Waals surface area contributed by atoms with Crippen LogP contribution in [-0.2, 0) is 19.6 Å². The number of methoxy groups -OCH3 is 3. The number of hydrogen-bond donors (Lipinski definition) is 1. The summed E-state index contributed by atoms with van der Waals surface area (Å²) in [5, 5.41) is 2.86. The highest BCUT2D eigenvalue weighted by Crippen LogP contribution is 2.30. The second kappa shape index (κ2) is 9.20. The predicted octanol–water partition coefficient (Wildman–Crippen LogP) is 1.33. The van der Waals surface area contributed by atoms with Gasteiger partial charge in [-0.3, -0.25) is 4.79 Å². The average Bonchev–Trinajstić information content (AvgIpc) is 2.66. The van der Waals surface area contributed by atoms with Crippen LogP contribution in [0, 0.1) is 5.92 Å². The van der Waals surface area contributed by atoms with E-state index in [1.54, 1.807) is 25.3 Å². The van der Waals surface area contributed by atoms with E-state index in [4.69, 9.17) is 14.2 Å². The van der Waals surface area contributed by atoms with E-state index in [1.807, 2.05) is 0 Å². The molecule has 0 radical (unpaired) electrons. The molecule has 1 amide bonds. The third-order valence-corrected chi connectivity index (χ3v) is 6.26. The summed E-state index contributed by atoms with van der Waals surface area (Å²) < 4.78 is 41.1. The van der Waals surface area contributed by atoms with Crippen molar-refractivity contribution in [1.29, 1.82) is 0 Å². The van der Waals surface area contributed by atoms with E-state index in [-0.39, 0.29) is 24.2 Å². The van der Waals surface area contributed by atoms with Crippen LogP contribution in [0.1, 0.15) is 12.8 Å². The topological polar surface area (TPSA) is 94.2 Å². The summed E-state index contributed by atoms with van der Waals surface area (Å²) in [6, 6.07) is 5.17. The molecule has 0 unspecified atom stereocenters. The molecule has 0 atom stereocenters. The Morgan fingerprint density at radius 1 is 1.19 bits per heavy atom. The number of ether oxygens (including phenoxy) is 3. The maximum absolute atomic E-state index is 12.6. The van der Waals surface area contributed by atoms with Gasteiger partial charge in [0.15, 0.2) is 0 Å².